The van der Waals surface area contributed by atoms with Gasteiger partial charge in [0, 0.05) is 20.6 Å². The van der Waals surface area contributed by atoms with Crippen molar-refractivity contribution < 1.29 is 13.5 Å². The van der Waals surface area contributed by atoms with Crippen molar-refractivity contribution in [3.8, 4) is 0 Å². The van der Waals surface area contributed by atoms with Crippen LogP contribution in [0.2, 0.25) is 0 Å². The Morgan fingerprint density at radius 1 is 1.28 bits per heavy atom. The van der Waals surface area contributed by atoms with Gasteiger partial charge in [-0.05, 0) is 17.5 Å². The molecule has 102 valence electrons. The SMILES string of the molecule is CCc1ccc(C(O)CNS(=O)(=O)N(C)C)cc1. The van der Waals surface area contributed by atoms with Crippen LogP contribution >= 0.6 is 0 Å². The minimum Gasteiger partial charge on any atom is -0.387 e. The summed E-state index contributed by atoms with van der Waals surface area (Å²) in [5, 5.41) is 9.88. The second-order valence-electron chi connectivity index (χ2n) is 4.25. The molecule has 0 aliphatic heterocycles. The molecule has 1 unspecified atom stereocenters. The van der Waals surface area contributed by atoms with E-state index >= 15 is 0 Å². The van der Waals surface area contributed by atoms with E-state index in [0.29, 0.717) is 5.56 Å². The van der Waals surface area contributed by atoms with Gasteiger partial charge in [-0.2, -0.15) is 17.4 Å². The van der Waals surface area contributed by atoms with Crippen LogP contribution in [0.1, 0.15) is 24.2 Å². The Bertz CT molecular complexity index is 469. The molecule has 0 saturated heterocycles. The van der Waals surface area contributed by atoms with Gasteiger partial charge in [-0.1, -0.05) is 31.2 Å². The minimum absolute atomic E-state index is 0.0357. The third-order valence-corrected chi connectivity index (χ3v) is 4.21. The van der Waals surface area contributed by atoms with Crippen molar-refractivity contribution in [2.75, 3.05) is 20.6 Å². The first-order valence-corrected chi connectivity index (χ1v) is 7.25. The largest absolute Gasteiger partial charge is 0.387 e. The first-order chi connectivity index (χ1) is 8.36. The van der Waals surface area contributed by atoms with Gasteiger partial charge in [-0.15, -0.1) is 0 Å². The number of nitrogens with zero attached hydrogens (tertiary/aromatic N) is 1. The van der Waals surface area contributed by atoms with Crippen molar-refractivity contribution in [1.82, 2.24) is 9.03 Å². The Morgan fingerprint density at radius 3 is 2.28 bits per heavy atom. The summed E-state index contributed by atoms with van der Waals surface area (Å²) in [6.07, 6.45) is 0.0922. The molecule has 1 atom stereocenters. The average molecular weight is 272 g/mol. The Labute approximate surface area is 109 Å². The highest BCUT2D eigenvalue weighted by Crippen LogP contribution is 2.13. The van der Waals surface area contributed by atoms with E-state index in [1.807, 2.05) is 24.3 Å². The lowest BCUT2D eigenvalue weighted by Gasteiger charge is -2.16. The third kappa shape index (κ3) is 4.06. The summed E-state index contributed by atoms with van der Waals surface area (Å²) in [6, 6.07) is 7.49. The predicted molar refractivity (Wildman–Crippen MR) is 71.4 cm³/mol. The second-order valence-corrected chi connectivity index (χ2v) is 6.22. The van der Waals surface area contributed by atoms with Crippen LogP contribution in [0.25, 0.3) is 0 Å². The molecule has 1 rings (SSSR count). The second kappa shape index (κ2) is 6.29. The van der Waals surface area contributed by atoms with Crippen LogP contribution in [-0.4, -0.2) is 38.5 Å². The Hall–Kier alpha value is -0.950. The molecule has 0 fully saturated rings. The van der Waals surface area contributed by atoms with E-state index in [0.717, 1.165) is 10.7 Å². The van der Waals surface area contributed by atoms with Gasteiger partial charge in [0.1, 0.15) is 0 Å². The summed E-state index contributed by atoms with van der Waals surface area (Å²) in [5.74, 6) is 0. The van der Waals surface area contributed by atoms with Crippen LogP contribution in [0, 0.1) is 0 Å². The fourth-order valence-electron chi connectivity index (χ4n) is 1.41. The third-order valence-electron chi connectivity index (χ3n) is 2.71. The molecule has 0 aliphatic rings. The van der Waals surface area contributed by atoms with Gasteiger partial charge in [0.2, 0.25) is 0 Å². The number of rotatable bonds is 6. The van der Waals surface area contributed by atoms with Gasteiger partial charge < -0.3 is 5.11 Å². The summed E-state index contributed by atoms with van der Waals surface area (Å²) >= 11 is 0. The van der Waals surface area contributed by atoms with Gasteiger partial charge in [-0.25, -0.2) is 0 Å². The van der Waals surface area contributed by atoms with Gasteiger partial charge in [0.05, 0.1) is 6.10 Å². The highest BCUT2D eigenvalue weighted by atomic mass is 32.2. The lowest BCUT2D eigenvalue weighted by atomic mass is 10.1. The molecule has 6 heteroatoms. The van der Waals surface area contributed by atoms with E-state index in [2.05, 4.69) is 11.6 Å². The molecule has 5 nitrogen and oxygen atoms in total. The number of aryl methyl sites for hydroxylation is 1. The zero-order valence-corrected chi connectivity index (χ0v) is 11.7. The van der Waals surface area contributed by atoms with Crippen LogP contribution in [0.5, 0.6) is 0 Å². The molecule has 1 aromatic carbocycles. The summed E-state index contributed by atoms with van der Waals surface area (Å²) in [7, 11) is -0.620. The van der Waals surface area contributed by atoms with Crippen molar-refractivity contribution in [3.63, 3.8) is 0 Å². The zero-order valence-electron chi connectivity index (χ0n) is 10.9. The van der Waals surface area contributed by atoms with Crippen LogP contribution in [-0.2, 0) is 16.6 Å². The molecule has 1 aromatic rings. The van der Waals surface area contributed by atoms with E-state index in [1.54, 1.807) is 0 Å². The van der Waals surface area contributed by atoms with Crippen molar-refractivity contribution >= 4 is 10.2 Å². The Kier molecular flexibility index (Phi) is 5.28. The normalized spacial score (nSPS) is 13.8. The van der Waals surface area contributed by atoms with Crippen LogP contribution in [0.15, 0.2) is 24.3 Å². The maximum Gasteiger partial charge on any atom is 0.279 e. The van der Waals surface area contributed by atoms with E-state index in [-0.39, 0.29) is 6.54 Å². The summed E-state index contributed by atoms with van der Waals surface area (Å²) < 4.78 is 26.3. The molecule has 0 aliphatic carbocycles. The quantitative estimate of drug-likeness (QED) is 0.800. The van der Waals surface area contributed by atoms with E-state index in [4.69, 9.17) is 0 Å². The molecule has 0 radical (unpaired) electrons. The summed E-state index contributed by atoms with van der Waals surface area (Å²) in [4.78, 5) is 0. The summed E-state index contributed by atoms with van der Waals surface area (Å²) in [5.41, 5.74) is 1.88. The standard InChI is InChI=1S/C12H20N2O3S/c1-4-10-5-7-11(8-6-10)12(15)9-13-18(16,17)14(2)3/h5-8,12-13,15H,4,9H2,1-3H3. The topological polar surface area (TPSA) is 69.6 Å². The van der Waals surface area contributed by atoms with Gasteiger partial charge in [0.15, 0.2) is 0 Å². The number of hydrogen-bond donors (Lipinski definition) is 2. The number of nitrogens with one attached hydrogen (secondary N) is 1. The smallest absolute Gasteiger partial charge is 0.279 e. The number of aliphatic hydroxyl groups excluding tert-OH is 1. The Morgan fingerprint density at radius 2 is 1.83 bits per heavy atom. The maximum atomic E-state index is 11.5. The molecule has 0 aromatic heterocycles. The maximum absolute atomic E-state index is 11.5. The molecule has 0 amide bonds. The van der Waals surface area contributed by atoms with Gasteiger partial charge in [0.25, 0.3) is 10.2 Å². The van der Waals surface area contributed by atoms with Crippen LogP contribution in [0.4, 0.5) is 0 Å². The molecule has 0 saturated carbocycles. The number of benzene rings is 1. The van der Waals surface area contributed by atoms with Gasteiger partial charge >= 0.3 is 0 Å². The molecule has 18 heavy (non-hydrogen) atoms. The van der Waals surface area contributed by atoms with E-state index < -0.39 is 16.3 Å². The monoisotopic (exact) mass is 272 g/mol. The molecular weight excluding hydrogens is 252 g/mol. The number of hydrogen-bond acceptors (Lipinski definition) is 3. The fourth-order valence-corrected chi connectivity index (χ4v) is 2.03. The molecular formula is C12H20N2O3S. The molecule has 0 bridgehead atoms. The van der Waals surface area contributed by atoms with Crippen molar-refractivity contribution in [3.05, 3.63) is 35.4 Å². The Balaban J connectivity index is 2.63. The first kappa shape index (κ1) is 15.1. The first-order valence-electron chi connectivity index (χ1n) is 5.81. The van der Waals surface area contributed by atoms with E-state index in [9.17, 15) is 13.5 Å². The lowest BCUT2D eigenvalue weighted by molar-refractivity contribution is 0.181. The van der Waals surface area contributed by atoms with Crippen molar-refractivity contribution in [2.45, 2.75) is 19.4 Å². The number of aliphatic hydroxyl groups is 1. The van der Waals surface area contributed by atoms with Crippen molar-refractivity contribution in [2.24, 2.45) is 0 Å². The van der Waals surface area contributed by atoms with Crippen LogP contribution in [0.3, 0.4) is 0 Å². The lowest BCUT2D eigenvalue weighted by Crippen LogP contribution is -2.37. The average Bonchev–Trinajstić information content (AvgIpc) is 2.36. The molecule has 2 N–H and O–H groups in total. The highest BCUT2D eigenvalue weighted by Gasteiger charge is 2.15. The highest BCUT2D eigenvalue weighted by molar-refractivity contribution is 7.87. The minimum atomic E-state index is -3.49. The zero-order chi connectivity index (χ0) is 13.8. The van der Waals surface area contributed by atoms with Crippen LogP contribution < -0.4 is 4.72 Å². The van der Waals surface area contributed by atoms with Crippen molar-refractivity contribution in [1.29, 1.82) is 0 Å². The van der Waals surface area contributed by atoms with Gasteiger partial charge in [-0.3, -0.25) is 0 Å². The fraction of sp³-hybridized carbons (Fsp3) is 0.500. The van der Waals surface area contributed by atoms with E-state index in [1.165, 1.54) is 19.7 Å². The molecule has 0 heterocycles. The predicted octanol–water partition coefficient (Wildman–Crippen LogP) is 0.678. The molecule has 0 spiro atoms. The summed E-state index contributed by atoms with van der Waals surface area (Å²) in [6.45, 7) is 2.02.